The van der Waals surface area contributed by atoms with E-state index >= 15 is 0 Å². The first-order valence-electron chi connectivity index (χ1n) is 6.49. The molecule has 0 aromatic rings. The van der Waals surface area contributed by atoms with Crippen molar-refractivity contribution in [3.63, 3.8) is 0 Å². The average molecular weight is 241 g/mol. The van der Waals surface area contributed by atoms with Gasteiger partial charge in [-0.05, 0) is 19.8 Å². The van der Waals surface area contributed by atoms with Crippen molar-refractivity contribution in [1.82, 2.24) is 4.90 Å². The molecule has 2 unspecified atom stereocenters. The van der Waals surface area contributed by atoms with Crippen molar-refractivity contribution >= 4 is 18.0 Å². The van der Waals surface area contributed by atoms with Crippen LogP contribution in [0.25, 0.3) is 0 Å². The predicted octanol–water partition coefficient (Wildman–Crippen LogP) is 2.57. The molecule has 0 spiro atoms. The molecule has 3 heteroatoms. The molecule has 1 aliphatic heterocycles. The summed E-state index contributed by atoms with van der Waals surface area (Å²) in [6, 6.07) is 0.621. The number of hydrogen-bond donors (Lipinski definition) is 0. The summed E-state index contributed by atoms with van der Waals surface area (Å²) in [4.78, 5) is 13.9. The van der Waals surface area contributed by atoms with Crippen LogP contribution >= 0.6 is 11.8 Å². The van der Waals surface area contributed by atoms with Crippen molar-refractivity contribution in [2.24, 2.45) is 5.41 Å². The first-order chi connectivity index (χ1) is 7.67. The van der Waals surface area contributed by atoms with Gasteiger partial charge in [0.05, 0.1) is 0 Å². The highest BCUT2D eigenvalue weighted by Gasteiger charge is 2.38. The molecule has 0 N–H and O–H groups in total. The fraction of sp³-hybridized carbons (Fsp3) is 0.923. The van der Waals surface area contributed by atoms with E-state index in [0.29, 0.717) is 11.3 Å². The Morgan fingerprint density at radius 1 is 1.38 bits per heavy atom. The Kier molecular flexibility index (Phi) is 3.96. The normalized spacial score (nSPS) is 35.1. The van der Waals surface area contributed by atoms with Crippen LogP contribution in [0.5, 0.6) is 0 Å². The van der Waals surface area contributed by atoms with Crippen LogP contribution in [-0.4, -0.2) is 41.3 Å². The molecule has 1 saturated heterocycles. The van der Waals surface area contributed by atoms with E-state index in [1.54, 1.807) is 0 Å². The molecule has 0 aromatic heterocycles. The van der Waals surface area contributed by atoms with E-state index in [9.17, 15) is 4.79 Å². The van der Waals surface area contributed by atoms with Crippen molar-refractivity contribution in [3.05, 3.63) is 0 Å². The Morgan fingerprint density at radius 3 is 2.69 bits per heavy atom. The molecular weight excluding hydrogens is 218 g/mol. The van der Waals surface area contributed by atoms with Crippen LogP contribution in [0.15, 0.2) is 0 Å². The molecule has 0 amide bonds. The Balaban J connectivity index is 1.99. The van der Waals surface area contributed by atoms with Crippen molar-refractivity contribution < 1.29 is 4.79 Å². The number of rotatable bonds is 3. The smallest absolute Gasteiger partial charge is 0.127 e. The van der Waals surface area contributed by atoms with Gasteiger partial charge in [0.2, 0.25) is 0 Å². The summed E-state index contributed by atoms with van der Waals surface area (Å²) in [6.45, 7) is 6.78. The summed E-state index contributed by atoms with van der Waals surface area (Å²) >= 11 is 2.06. The molecule has 92 valence electrons. The van der Waals surface area contributed by atoms with Crippen LogP contribution in [-0.2, 0) is 4.79 Å². The standard InChI is InChI=1S/C13H23NOS/c1-11-12(2)16-8-7-14(11)9-13(10-15)5-3-4-6-13/h10-12H,3-9H2,1-2H3. The first-order valence-corrected chi connectivity index (χ1v) is 7.54. The van der Waals surface area contributed by atoms with Gasteiger partial charge < -0.3 is 4.79 Å². The highest BCUT2D eigenvalue weighted by molar-refractivity contribution is 8.00. The number of carbonyl (C=O) groups excluding carboxylic acids is 1. The summed E-state index contributed by atoms with van der Waals surface area (Å²) < 4.78 is 0. The third-order valence-corrected chi connectivity index (χ3v) is 5.72. The molecule has 1 saturated carbocycles. The van der Waals surface area contributed by atoms with Gasteiger partial charge in [0.1, 0.15) is 6.29 Å². The Hall–Kier alpha value is -0.0200. The van der Waals surface area contributed by atoms with E-state index in [2.05, 4.69) is 30.5 Å². The lowest BCUT2D eigenvalue weighted by Gasteiger charge is -2.41. The lowest BCUT2D eigenvalue weighted by atomic mass is 9.87. The van der Waals surface area contributed by atoms with Crippen LogP contribution in [0.2, 0.25) is 0 Å². The zero-order chi connectivity index (χ0) is 11.6. The van der Waals surface area contributed by atoms with E-state index in [4.69, 9.17) is 0 Å². The molecule has 2 nitrogen and oxygen atoms in total. The third kappa shape index (κ3) is 2.45. The molecular formula is C13H23NOS. The Morgan fingerprint density at radius 2 is 2.06 bits per heavy atom. The fourth-order valence-corrected chi connectivity index (χ4v) is 4.18. The third-order valence-electron chi connectivity index (χ3n) is 4.38. The summed E-state index contributed by atoms with van der Waals surface area (Å²) in [7, 11) is 0. The van der Waals surface area contributed by atoms with Gasteiger partial charge in [-0.15, -0.1) is 0 Å². The maximum Gasteiger partial charge on any atom is 0.127 e. The quantitative estimate of drug-likeness (QED) is 0.708. The van der Waals surface area contributed by atoms with Crippen molar-refractivity contribution in [3.8, 4) is 0 Å². The molecule has 2 atom stereocenters. The molecule has 2 rings (SSSR count). The van der Waals surface area contributed by atoms with Gasteiger partial charge in [-0.1, -0.05) is 19.8 Å². The molecule has 2 aliphatic rings. The first kappa shape index (κ1) is 12.4. The number of nitrogens with zero attached hydrogens (tertiary/aromatic N) is 1. The minimum absolute atomic E-state index is 0.00398. The number of aldehydes is 1. The molecule has 1 heterocycles. The van der Waals surface area contributed by atoms with E-state index in [1.165, 1.54) is 24.9 Å². The zero-order valence-corrected chi connectivity index (χ0v) is 11.3. The topological polar surface area (TPSA) is 20.3 Å². The van der Waals surface area contributed by atoms with Crippen LogP contribution < -0.4 is 0 Å². The predicted molar refractivity (Wildman–Crippen MR) is 69.9 cm³/mol. The second-order valence-electron chi connectivity index (χ2n) is 5.47. The minimum atomic E-state index is -0.00398. The largest absolute Gasteiger partial charge is 0.303 e. The van der Waals surface area contributed by atoms with Gasteiger partial charge in [0, 0.05) is 35.5 Å². The van der Waals surface area contributed by atoms with Gasteiger partial charge >= 0.3 is 0 Å². The van der Waals surface area contributed by atoms with Gasteiger partial charge in [-0.25, -0.2) is 0 Å². The van der Waals surface area contributed by atoms with Gasteiger partial charge in [0.15, 0.2) is 0 Å². The summed E-state index contributed by atoms with van der Waals surface area (Å²) in [5, 5.41) is 0.707. The molecule has 16 heavy (non-hydrogen) atoms. The van der Waals surface area contributed by atoms with Gasteiger partial charge in [-0.3, -0.25) is 4.90 Å². The molecule has 0 radical (unpaired) electrons. The SMILES string of the molecule is CC1SCCN(CC2(C=O)CCCC2)C1C. The number of thioether (sulfide) groups is 1. The minimum Gasteiger partial charge on any atom is -0.303 e. The van der Waals surface area contributed by atoms with E-state index in [-0.39, 0.29) is 5.41 Å². The maximum atomic E-state index is 11.4. The summed E-state index contributed by atoms with van der Waals surface area (Å²) in [5.74, 6) is 1.22. The van der Waals surface area contributed by atoms with Crippen molar-refractivity contribution in [1.29, 1.82) is 0 Å². The molecule has 1 aliphatic carbocycles. The van der Waals surface area contributed by atoms with Crippen LogP contribution in [0, 0.1) is 5.41 Å². The lowest BCUT2D eigenvalue weighted by molar-refractivity contribution is -0.117. The highest BCUT2D eigenvalue weighted by atomic mass is 32.2. The van der Waals surface area contributed by atoms with E-state index < -0.39 is 0 Å². The fourth-order valence-electron chi connectivity index (χ4n) is 3.02. The van der Waals surface area contributed by atoms with Gasteiger partial charge in [-0.2, -0.15) is 11.8 Å². The summed E-state index contributed by atoms with van der Waals surface area (Å²) in [6.07, 6.45) is 5.96. The van der Waals surface area contributed by atoms with E-state index in [1.807, 2.05) is 0 Å². The van der Waals surface area contributed by atoms with Crippen LogP contribution in [0.3, 0.4) is 0 Å². The average Bonchev–Trinajstić information content (AvgIpc) is 2.74. The van der Waals surface area contributed by atoms with Gasteiger partial charge in [0.25, 0.3) is 0 Å². The Bertz CT molecular complexity index is 250. The Labute approximate surface area is 103 Å². The van der Waals surface area contributed by atoms with Crippen molar-refractivity contribution in [2.75, 3.05) is 18.8 Å². The molecule has 0 bridgehead atoms. The molecule has 2 fully saturated rings. The maximum absolute atomic E-state index is 11.4. The zero-order valence-electron chi connectivity index (χ0n) is 10.4. The van der Waals surface area contributed by atoms with Crippen molar-refractivity contribution in [2.45, 2.75) is 50.8 Å². The monoisotopic (exact) mass is 241 g/mol. The second kappa shape index (κ2) is 5.09. The van der Waals surface area contributed by atoms with E-state index in [0.717, 1.165) is 25.9 Å². The van der Waals surface area contributed by atoms with Crippen LogP contribution in [0.1, 0.15) is 39.5 Å². The molecule has 0 aromatic carbocycles. The summed E-state index contributed by atoms with van der Waals surface area (Å²) in [5.41, 5.74) is -0.00398. The lowest BCUT2D eigenvalue weighted by Crippen LogP contribution is -2.49. The number of hydrogen-bond acceptors (Lipinski definition) is 3. The second-order valence-corrected chi connectivity index (χ2v) is 6.96. The van der Waals surface area contributed by atoms with Crippen LogP contribution in [0.4, 0.5) is 0 Å². The highest BCUT2D eigenvalue weighted by Crippen LogP contribution is 2.38. The number of carbonyl (C=O) groups is 1.